The SMILES string of the molecule is CC(Oc1ccc(Cl)cc1Cl)C(=O)OC(C)C(=O)N1CCN(c2ncccn2)CC1. The summed E-state index contributed by atoms with van der Waals surface area (Å²) < 4.78 is 10.9. The van der Waals surface area contributed by atoms with Crippen molar-refractivity contribution in [1.29, 1.82) is 0 Å². The van der Waals surface area contributed by atoms with Crippen LogP contribution in [0.25, 0.3) is 0 Å². The third kappa shape index (κ3) is 5.52. The number of anilines is 1. The number of hydrogen-bond acceptors (Lipinski definition) is 7. The molecule has 0 saturated carbocycles. The lowest BCUT2D eigenvalue weighted by atomic mass is 10.2. The maximum atomic E-state index is 12.7. The lowest BCUT2D eigenvalue weighted by molar-refractivity contribution is -0.164. The Bertz CT molecular complexity index is 892. The zero-order chi connectivity index (χ0) is 21.7. The first kappa shape index (κ1) is 22.1. The summed E-state index contributed by atoms with van der Waals surface area (Å²) in [6.07, 6.45) is 1.50. The van der Waals surface area contributed by atoms with Gasteiger partial charge in [0, 0.05) is 43.6 Å². The summed E-state index contributed by atoms with van der Waals surface area (Å²) in [7, 11) is 0. The molecule has 1 saturated heterocycles. The smallest absolute Gasteiger partial charge is 0.347 e. The number of esters is 1. The summed E-state index contributed by atoms with van der Waals surface area (Å²) in [4.78, 5) is 37.1. The average Bonchev–Trinajstić information content (AvgIpc) is 2.75. The number of piperazine rings is 1. The van der Waals surface area contributed by atoms with Crippen molar-refractivity contribution in [3.63, 3.8) is 0 Å². The minimum Gasteiger partial charge on any atom is -0.477 e. The molecule has 160 valence electrons. The summed E-state index contributed by atoms with van der Waals surface area (Å²) in [6.45, 7) is 5.27. The van der Waals surface area contributed by atoms with Gasteiger partial charge in [-0.2, -0.15) is 0 Å². The highest BCUT2D eigenvalue weighted by Gasteiger charge is 2.29. The minimum absolute atomic E-state index is 0.256. The molecule has 1 fully saturated rings. The van der Waals surface area contributed by atoms with Crippen molar-refractivity contribution < 1.29 is 19.1 Å². The van der Waals surface area contributed by atoms with Gasteiger partial charge >= 0.3 is 5.97 Å². The summed E-state index contributed by atoms with van der Waals surface area (Å²) in [6, 6.07) is 6.44. The molecule has 2 heterocycles. The number of amides is 1. The Morgan fingerprint density at radius 1 is 1.03 bits per heavy atom. The zero-order valence-corrected chi connectivity index (χ0v) is 18.1. The molecule has 2 unspecified atom stereocenters. The zero-order valence-electron chi connectivity index (χ0n) is 16.6. The molecule has 1 aromatic heterocycles. The molecule has 3 rings (SSSR count). The summed E-state index contributed by atoms with van der Waals surface area (Å²) in [5.74, 6) is 0.0338. The largest absolute Gasteiger partial charge is 0.477 e. The highest BCUT2D eigenvalue weighted by atomic mass is 35.5. The number of carbonyl (C=O) groups is 2. The van der Waals surface area contributed by atoms with Crippen molar-refractivity contribution in [2.75, 3.05) is 31.1 Å². The second kappa shape index (κ2) is 9.95. The third-order valence-electron chi connectivity index (χ3n) is 4.60. The molecule has 0 spiro atoms. The van der Waals surface area contributed by atoms with Gasteiger partial charge in [0.15, 0.2) is 12.2 Å². The fourth-order valence-electron chi connectivity index (χ4n) is 2.97. The molecule has 1 amide bonds. The van der Waals surface area contributed by atoms with Crippen molar-refractivity contribution >= 4 is 41.0 Å². The van der Waals surface area contributed by atoms with E-state index < -0.39 is 18.2 Å². The molecule has 8 nitrogen and oxygen atoms in total. The van der Waals surface area contributed by atoms with Crippen molar-refractivity contribution in [2.45, 2.75) is 26.1 Å². The monoisotopic (exact) mass is 452 g/mol. The predicted molar refractivity (Wildman–Crippen MR) is 113 cm³/mol. The number of carbonyl (C=O) groups excluding carboxylic acids is 2. The van der Waals surface area contributed by atoms with Gasteiger partial charge < -0.3 is 19.3 Å². The van der Waals surface area contributed by atoms with E-state index in [9.17, 15) is 9.59 Å². The maximum absolute atomic E-state index is 12.7. The summed E-state index contributed by atoms with van der Waals surface area (Å²) in [5, 5.41) is 0.743. The molecular weight excluding hydrogens is 431 g/mol. The fraction of sp³-hybridized carbons (Fsp3) is 0.400. The van der Waals surface area contributed by atoms with E-state index in [0.29, 0.717) is 42.9 Å². The number of nitrogens with zero attached hydrogens (tertiary/aromatic N) is 4. The molecule has 1 aromatic carbocycles. The average molecular weight is 453 g/mol. The van der Waals surface area contributed by atoms with Gasteiger partial charge in [0.1, 0.15) is 5.75 Å². The van der Waals surface area contributed by atoms with Gasteiger partial charge in [0.2, 0.25) is 5.95 Å². The number of ether oxygens (including phenoxy) is 2. The van der Waals surface area contributed by atoms with E-state index in [-0.39, 0.29) is 10.9 Å². The lowest BCUT2D eigenvalue weighted by Crippen LogP contribution is -2.52. The standard InChI is InChI=1S/C20H22Cl2N4O4/c1-13(30-19(28)14(2)29-17-5-4-15(21)12-16(17)22)18(27)25-8-10-26(11-9-25)20-23-6-3-7-24-20/h3-7,12-14H,8-11H2,1-2H3. The van der Waals surface area contributed by atoms with Crippen molar-refractivity contribution in [3.8, 4) is 5.75 Å². The van der Waals surface area contributed by atoms with Crippen molar-refractivity contribution in [2.24, 2.45) is 0 Å². The van der Waals surface area contributed by atoms with E-state index >= 15 is 0 Å². The van der Waals surface area contributed by atoms with E-state index in [1.165, 1.54) is 13.0 Å². The van der Waals surface area contributed by atoms with Crippen LogP contribution in [0.4, 0.5) is 5.95 Å². The van der Waals surface area contributed by atoms with Crippen molar-refractivity contribution in [1.82, 2.24) is 14.9 Å². The van der Waals surface area contributed by atoms with Crippen LogP contribution in [0.3, 0.4) is 0 Å². The van der Waals surface area contributed by atoms with Crippen LogP contribution in [0.5, 0.6) is 5.75 Å². The van der Waals surface area contributed by atoms with Crippen LogP contribution in [-0.2, 0) is 14.3 Å². The van der Waals surface area contributed by atoms with Crippen LogP contribution in [0.1, 0.15) is 13.8 Å². The van der Waals surface area contributed by atoms with E-state index in [4.69, 9.17) is 32.7 Å². The molecule has 0 aliphatic carbocycles. The van der Waals surface area contributed by atoms with E-state index in [1.54, 1.807) is 42.4 Å². The highest BCUT2D eigenvalue weighted by Crippen LogP contribution is 2.28. The first-order chi connectivity index (χ1) is 14.3. The molecule has 0 N–H and O–H groups in total. The topological polar surface area (TPSA) is 84.9 Å². The van der Waals surface area contributed by atoms with E-state index in [2.05, 4.69) is 9.97 Å². The number of halogens is 2. The van der Waals surface area contributed by atoms with Gasteiger partial charge in [0.25, 0.3) is 5.91 Å². The number of benzene rings is 1. The highest BCUT2D eigenvalue weighted by molar-refractivity contribution is 6.35. The molecule has 1 aliphatic heterocycles. The van der Waals surface area contributed by atoms with Crippen LogP contribution in [0.15, 0.2) is 36.7 Å². The van der Waals surface area contributed by atoms with Crippen LogP contribution < -0.4 is 9.64 Å². The molecule has 1 aliphatic rings. The fourth-order valence-corrected chi connectivity index (χ4v) is 3.42. The first-order valence-electron chi connectivity index (χ1n) is 9.48. The Morgan fingerprint density at radius 2 is 1.70 bits per heavy atom. The maximum Gasteiger partial charge on any atom is 0.347 e. The van der Waals surface area contributed by atoms with Gasteiger partial charge in [-0.15, -0.1) is 0 Å². The molecule has 2 aromatic rings. The normalized spacial score (nSPS) is 16.0. The minimum atomic E-state index is -0.939. The quantitative estimate of drug-likeness (QED) is 0.622. The predicted octanol–water partition coefficient (Wildman–Crippen LogP) is 2.83. The van der Waals surface area contributed by atoms with Crippen LogP contribution in [0.2, 0.25) is 10.0 Å². The first-order valence-corrected chi connectivity index (χ1v) is 10.2. The Kier molecular flexibility index (Phi) is 7.33. The van der Waals surface area contributed by atoms with Gasteiger partial charge in [-0.05, 0) is 38.1 Å². The van der Waals surface area contributed by atoms with Crippen LogP contribution in [-0.4, -0.2) is 65.1 Å². The Morgan fingerprint density at radius 3 is 2.33 bits per heavy atom. The summed E-state index contributed by atoms with van der Waals surface area (Å²) >= 11 is 11.9. The van der Waals surface area contributed by atoms with Gasteiger partial charge in [-0.25, -0.2) is 14.8 Å². The lowest BCUT2D eigenvalue weighted by Gasteiger charge is -2.35. The Hall–Kier alpha value is -2.58. The Labute approximate surface area is 184 Å². The molecule has 0 bridgehead atoms. The molecule has 2 atom stereocenters. The Balaban J connectivity index is 1.49. The second-order valence-electron chi connectivity index (χ2n) is 6.78. The van der Waals surface area contributed by atoms with Crippen molar-refractivity contribution in [3.05, 3.63) is 46.7 Å². The number of hydrogen-bond donors (Lipinski definition) is 0. The number of rotatable bonds is 6. The molecule has 30 heavy (non-hydrogen) atoms. The van der Waals surface area contributed by atoms with Gasteiger partial charge in [0.05, 0.1) is 5.02 Å². The van der Waals surface area contributed by atoms with Crippen LogP contribution >= 0.6 is 23.2 Å². The third-order valence-corrected chi connectivity index (χ3v) is 5.13. The van der Waals surface area contributed by atoms with E-state index in [1.807, 2.05) is 4.90 Å². The molecule has 10 heteroatoms. The van der Waals surface area contributed by atoms with E-state index in [0.717, 1.165) is 0 Å². The number of aromatic nitrogens is 2. The van der Waals surface area contributed by atoms with Gasteiger partial charge in [-0.3, -0.25) is 4.79 Å². The second-order valence-corrected chi connectivity index (χ2v) is 7.62. The van der Waals surface area contributed by atoms with Crippen LogP contribution in [0, 0.1) is 0 Å². The molecule has 0 radical (unpaired) electrons. The summed E-state index contributed by atoms with van der Waals surface area (Å²) in [5.41, 5.74) is 0. The van der Waals surface area contributed by atoms with Gasteiger partial charge in [-0.1, -0.05) is 23.2 Å². The molecular formula is C20H22Cl2N4O4.